The van der Waals surface area contributed by atoms with Gasteiger partial charge in [-0.15, -0.1) is 6.58 Å². The molecule has 1 fully saturated rings. The van der Waals surface area contributed by atoms with E-state index < -0.39 is 33.7 Å². The van der Waals surface area contributed by atoms with Gasteiger partial charge in [-0.1, -0.05) is 36.4 Å². The fourth-order valence-electron chi connectivity index (χ4n) is 3.90. The van der Waals surface area contributed by atoms with Gasteiger partial charge >= 0.3 is 5.97 Å². The van der Waals surface area contributed by atoms with Crippen molar-refractivity contribution in [2.45, 2.75) is 51.6 Å². The van der Waals surface area contributed by atoms with Crippen molar-refractivity contribution in [3.63, 3.8) is 0 Å². The largest absolute Gasteiger partial charge is 0.459 e. The van der Waals surface area contributed by atoms with Gasteiger partial charge in [0.2, 0.25) is 6.54 Å². The average Bonchev–Trinajstić information content (AvgIpc) is 2.55. The lowest BCUT2D eigenvalue weighted by Gasteiger charge is -2.43. The molecule has 1 aromatic carbocycles. The number of benzene rings is 1. The minimum absolute atomic E-state index is 0.00258. The molecule has 0 N–H and O–H groups in total. The van der Waals surface area contributed by atoms with E-state index >= 15 is 0 Å². The summed E-state index contributed by atoms with van der Waals surface area (Å²) in [6.07, 6.45) is 2.08. The second kappa shape index (κ2) is 8.03. The number of hydrogen-bond donors (Lipinski definition) is 0. The minimum Gasteiger partial charge on any atom is -0.459 e. The lowest BCUT2D eigenvalue weighted by molar-refractivity contribution is -0.488. The Morgan fingerprint density at radius 3 is 2.52 bits per heavy atom. The van der Waals surface area contributed by atoms with Gasteiger partial charge in [0, 0.05) is 23.2 Å². The lowest BCUT2D eigenvalue weighted by atomic mass is 9.58. The number of allylic oxidation sites excluding steroid dienone is 1. The van der Waals surface area contributed by atoms with E-state index in [0.29, 0.717) is 6.42 Å². The van der Waals surface area contributed by atoms with Crippen LogP contribution in [0.4, 0.5) is 0 Å². The molecule has 0 aliphatic heterocycles. The first-order chi connectivity index (χ1) is 12.6. The highest BCUT2D eigenvalue weighted by molar-refractivity contribution is 6.06. The smallest absolute Gasteiger partial charge is 0.321 e. The average molecular weight is 373 g/mol. The maximum absolute atomic E-state index is 13.2. The first-order valence-electron chi connectivity index (χ1n) is 9.14. The van der Waals surface area contributed by atoms with E-state index in [1.165, 1.54) is 0 Å². The quantitative estimate of drug-likeness (QED) is 0.248. The minimum atomic E-state index is -1.40. The first-order valence-corrected chi connectivity index (χ1v) is 9.14. The van der Waals surface area contributed by atoms with Crippen molar-refractivity contribution in [1.82, 2.24) is 0 Å². The van der Waals surface area contributed by atoms with Gasteiger partial charge in [-0.2, -0.15) is 0 Å². The number of Topliss-reactive ketones (excluding diaryl/α,β-unsaturated/α-hetero) is 1. The SMILES string of the molecule is C=CC[C@@]1(C(=O)OC(C)(C)C)C(=O)C[C@H](C[N+](=O)[O-])C[C@H]1c1ccccc1. The van der Waals surface area contributed by atoms with E-state index in [-0.39, 0.29) is 25.2 Å². The van der Waals surface area contributed by atoms with E-state index in [1.54, 1.807) is 26.8 Å². The van der Waals surface area contributed by atoms with Crippen molar-refractivity contribution in [3.8, 4) is 0 Å². The number of carbonyl (C=O) groups excluding carboxylic acids is 2. The summed E-state index contributed by atoms with van der Waals surface area (Å²) in [6.45, 7) is 8.73. The van der Waals surface area contributed by atoms with E-state index in [4.69, 9.17) is 4.74 Å². The Bertz CT molecular complexity index is 722. The topological polar surface area (TPSA) is 86.5 Å². The summed E-state index contributed by atoms with van der Waals surface area (Å²) in [5.41, 5.74) is -1.33. The summed E-state index contributed by atoms with van der Waals surface area (Å²) in [7, 11) is 0. The lowest BCUT2D eigenvalue weighted by Crippen LogP contribution is -2.51. The second-order valence-corrected chi connectivity index (χ2v) is 8.17. The van der Waals surface area contributed by atoms with Crippen molar-refractivity contribution in [1.29, 1.82) is 0 Å². The number of rotatable bonds is 6. The van der Waals surface area contributed by atoms with Gasteiger partial charge in [0.05, 0.1) is 0 Å². The third-order valence-electron chi connectivity index (χ3n) is 4.97. The summed E-state index contributed by atoms with van der Waals surface area (Å²) in [5, 5.41) is 11.0. The summed E-state index contributed by atoms with van der Waals surface area (Å²) in [6, 6.07) is 9.24. The summed E-state index contributed by atoms with van der Waals surface area (Å²) < 4.78 is 5.63. The fourth-order valence-corrected chi connectivity index (χ4v) is 3.90. The molecule has 0 heterocycles. The molecule has 1 saturated carbocycles. The van der Waals surface area contributed by atoms with Gasteiger partial charge in [-0.25, -0.2) is 0 Å². The molecule has 0 unspecified atom stereocenters. The van der Waals surface area contributed by atoms with Crippen LogP contribution in [0.25, 0.3) is 0 Å². The van der Waals surface area contributed by atoms with Crippen LogP contribution < -0.4 is 0 Å². The number of nitro groups is 1. The van der Waals surface area contributed by atoms with E-state index in [1.807, 2.05) is 30.3 Å². The summed E-state index contributed by atoms with van der Waals surface area (Å²) >= 11 is 0. The molecule has 0 radical (unpaired) electrons. The number of esters is 1. The molecule has 1 aliphatic rings. The highest BCUT2D eigenvalue weighted by atomic mass is 16.6. The van der Waals surface area contributed by atoms with E-state index in [0.717, 1.165) is 5.56 Å². The molecule has 0 bridgehead atoms. The molecule has 2 rings (SSSR count). The Labute approximate surface area is 159 Å². The number of ether oxygens (including phenoxy) is 1. The van der Waals surface area contributed by atoms with Crippen molar-refractivity contribution >= 4 is 11.8 Å². The van der Waals surface area contributed by atoms with Gasteiger partial charge in [-0.05, 0) is 39.2 Å². The third kappa shape index (κ3) is 4.62. The molecular formula is C21H27NO5. The van der Waals surface area contributed by atoms with Crippen molar-refractivity contribution in [3.05, 3.63) is 58.7 Å². The second-order valence-electron chi connectivity index (χ2n) is 8.17. The zero-order valence-corrected chi connectivity index (χ0v) is 16.1. The van der Waals surface area contributed by atoms with E-state index in [2.05, 4.69) is 6.58 Å². The van der Waals surface area contributed by atoms with E-state index in [9.17, 15) is 19.7 Å². The molecule has 3 atom stereocenters. The normalized spacial score (nSPS) is 25.7. The highest BCUT2D eigenvalue weighted by Gasteiger charge is 2.57. The van der Waals surface area contributed by atoms with Crippen LogP contribution in [0.1, 0.15) is 51.5 Å². The third-order valence-corrected chi connectivity index (χ3v) is 4.97. The molecule has 146 valence electrons. The molecule has 0 saturated heterocycles. The van der Waals surface area contributed by atoms with Crippen molar-refractivity contribution < 1.29 is 19.2 Å². The number of nitrogens with zero attached hydrogens (tertiary/aromatic N) is 1. The van der Waals surface area contributed by atoms with Gasteiger partial charge in [0.15, 0.2) is 5.78 Å². The molecule has 6 nitrogen and oxygen atoms in total. The van der Waals surface area contributed by atoms with Crippen LogP contribution in [0.15, 0.2) is 43.0 Å². The van der Waals surface area contributed by atoms with Crippen LogP contribution in [0, 0.1) is 21.4 Å². The standard InChI is InChI=1S/C21H27NO5/c1-5-11-21(19(24)27-20(2,3)4)17(16-9-7-6-8-10-16)12-15(13-18(21)23)14-22(25)26/h5-10,15,17H,1,11-14H2,2-4H3/t15-,17+,21+/m1/s1. The molecule has 0 amide bonds. The predicted octanol–water partition coefficient (Wildman–Crippen LogP) is 3.93. The number of ketones is 1. The maximum Gasteiger partial charge on any atom is 0.321 e. The zero-order valence-electron chi connectivity index (χ0n) is 16.1. The van der Waals surface area contributed by atoms with Crippen LogP contribution >= 0.6 is 0 Å². The monoisotopic (exact) mass is 373 g/mol. The Morgan fingerprint density at radius 2 is 2.00 bits per heavy atom. The van der Waals surface area contributed by atoms with Crippen molar-refractivity contribution in [2.24, 2.45) is 11.3 Å². The van der Waals surface area contributed by atoms with Crippen molar-refractivity contribution in [2.75, 3.05) is 6.54 Å². The van der Waals surface area contributed by atoms with Crippen LogP contribution in [0.3, 0.4) is 0 Å². The Morgan fingerprint density at radius 1 is 1.37 bits per heavy atom. The first kappa shape index (κ1) is 20.8. The highest BCUT2D eigenvalue weighted by Crippen LogP contribution is 2.51. The molecule has 27 heavy (non-hydrogen) atoms. The van der Waals surface area contributed by atoms with Gasteiger partial charge < -0.3 is 4.74 Å². The Balaban J connectivity index is 2.55. The molecule has 1 aromatic rings. The van der Waals surface area contributed by atoms with Crippen LogP contribution in [0.2, 0.25) is 0 Å². The number of carbonyl (C=O) groups is 2. The van der Waals surface area contributed by atoms with Gasteiger partial charge in [0.25, 0.3) is 0 Å². The fraction of sp³-hybridized carbons (Fsp3) is 0.524. The molecule has 0 spiro atoms. The molecule has 0 aromatic heterocycles. The summed E-state index contributed by atoms with van der Waals surface area (Å²) in [4.78, 5) is 37.1. The zero-order chi connectivity index (χ0) is 20.2. The van der Waals surface area contributed by atoms with Crippen LogP contribution in [0.5, 0.6) is 0 Å². The molecule has 1 aliphatic carbocycles. The maximum atomic E-state index is 13.2. The summed E-state index contributed by atoms with van der Waals surface area (Å²) in [5.74, 6) is -1.77. The van der Waals surface area contributed by atoms with Gasteiger partial charge in [-0.3, -0.25) is 19.7 Å². The van der Waals surface area contributed by atoms with Crippen LogP contribution in [-0.2, 0) is 14.3 Å². The Kier molecular flexibility index (Phi) is 6.19. The molecular weight excluding hydrogens is 346 g/mol. The van der Waals surface area contributed by atoms with Gasteiger partial charge in [0.1, 0.15) is 11.0 Å². The Hall–Kier alpha value is -2.50. The number of hydrogen-bond acceptors (Lipinski definition) is 5. The molecule has 6 heteroatoms. The van der Waals surface area contributed by atoms with Crippen LogP contribution in [-0.4, -0.2) is 28.8 Å². The predicted molar refractivity (Wildman–Crippen MR) is 102 cm³/mol.